The van der Waals surface area contributed by atoms with Gasteiger partial charge in [0.15, 0.2) is 22.9 Å². The number of nitrogen functional groups attached to an aromatic ring is 2. The maximum atomic E-state index is 13.5. The number of aromatic nitrogens is 12. The average molecular weight is 1170 g/mol. The Balaban J connectivity index is 0.000000317. The molecule has 0 spiro atoms. The number of nitrogens with one attached hydrogen (secondary N) is 3. The summed E-state index contributed by atoms with van der Waals surface area (Å²) < 4.78 is 13.4. The van der Waals surface area contributed by atoms with Crippen molar-refractivity contribution in [3.63, 3.8) is 0 Å². The summed E-state index contributed by atoms with van der Waals surface area (Å²) in [6.07, 6.45) is 9.17. The van der Waals surface area contributed by atoms with Crippen molar-refractivity contribution >= 4 is 130 Å². The van der Waals surface area contributed by atoms with E-state index in [1.807, 2.05) is 41.3 Å². The molecule has 2 aliphatic heterocycles. The Morgan fingerprint density at radius 2 is 1.16 bits per heavy atom. The zero-order valence-electron chi connectivity index (χ0n) is 41.5. The maximum absolute atomic E-state index is 13.5. The second-order valence-electron chi connectivity index (χ2n) is 17.8. The zero-order chi connectivity index (χ0) is 50.6. The van der Waals surface area contributed by atoms with Gasteiger partial charge in [0.05, 0.1) is 40.6 Å². The minimum atomic E-state index is -1.02. The SMILES string of the molecule is C.COc1cc(N2CCN(C(=O)Cn3nc(-c4ncc[nH]4)c4c(N)ncnc43)C(C)(C)C2)ccc1Cl.COc1cc(N2CCNC(C)(C)C2)ccc1Cl.Cl.Cl.Cl.Cl.Nc1ncnc2c1c(-c1ncc[nH]1)nn2CC(=O)O. The maximum Gasteiger partial charge on any atom is 0.325 e. The summed E-state index contributed by atoms with van der Waals surface area (Å²) in [5, 5.41) is 23.5. The molecular weight excluding hydrogens is 1110 g/mol. The van der Waals surface area contributed by atoms with E-state index in [0.717, 1.165) is 31.1 Å². The lowest BCUT2D eigenvalue weighted by Gasteiger charge is -2.48. The van der Waals surface area contributed by atoms with E-state index in [9.17, 15) is 9.59 Å². The molecule has 2 fully saturated rings. The number of carbonyl (C=O) groups is 2. The van der Waals surface area contributed by atoms with Crippen LogP contribution in [0.1, 0.15) is 35.1 Å². The van der Waals surface area contributed by atoms with Crippen LogP contribution < -0.4 is 36.1 Å². The summed E-state index contributed by atoms with van der Waals surface area (Å²) in [4.78, 5) is 61.5. The summed E-state index contributed by atoms with van der Waals surface area (Å²) in [5.74, 6) is 1.81. The van der Waals surface area contributed by atoms with Gasteiger partial charge in [0.2, 0.25) is 5.91 Å². The Labute approximate surface area is 473 Å². The number of hydrogen-bond acceptors (Lipinski definition) is 17. The summed E-state index contributed by atoms with van der Waals surface area (Å²) in [6.45, 7) is 13.1. The molecule has 0 bridgehead atoms. The number of piperazine rings is 2. The number of nitrogens with two attached hydrogens (primary N) is 2. The van der Waals surface area contributed by atoms with Crippen LogP contribution in [-0.2, 0) is 22.7 Å². The number of aromatic amines is 2. The number of carboxylic acid groups (broad SMARTS) is 1. The van der Waals surface area contributed by atoms with E-state index in [2.05, 4.69) is 92.9 Å². The lowest BCUT2D eigenvalue weighted by Crippen LogP contribution is -2.61. The second-order valence-corrected chi connectivity index (χ2v) is 18.7. The Morgan fingerprint density at radius 1 is 0.684 bits per heavy atom. The van der Waals surface area contributed by atoms with Gasteiger partial charge in [-0.15, -0.1) is 49.6 Å². The molecule has 0 unspecified atom stereocenters. The zero-order valence-corrected chi connectivity index (χ0v) is 46.3. The number of benzene rings is 2. The van der Waals surface area contributed by atoms with Crippen LogP contribution in [-0.4, -0.2) is 146 Å². The number of nitrogens with zero attached hydrogens (tertiary/aromatic N) is 13. The topological polar surface area (TPSA) is 291 Å². The first-order valence-electron chi connectivity index (χ1n) is 22.3. The van der Waals surface area contributed by atoms with Gasteiger partial charge in [0.25, 0.3) is 0 Å². The number of amides is 1. The van der Waals surface area contributed by atoms with E-state index < -0.39 is 11.5 Å². The third-order valence-electron chi connectivity index (χ3n) is 11.9. The van der Waals surface area contributed by atoms with Crippen LogP contribution in [0.15, 0.2) is 73.8 Å². The van der Waals surface area contributed by atoms with Crippen molar-refractivity contribution in [2.24, 2.45) is 0 Å². The normalized spacial score (nSPS) is 14.2. The number of anilines is 4. The highest BCUT2D eigenvalue weighted by atomic mass is 35.5. The molecule has 8 aromatic rings. The molecule has 1 amide bonds. The molecule has 2 saturated heterocycles. The number of methoxy groups -OCH3 is 2. The third-order valence-corrected chi connectivity index (χ3v) is 12.5. The molecule has 2 aliphatic rings. The van der Waals surface area contributed by atoms with E-state index in [1.165, 1.54) is 23.0 Å². The van der Waals surface area contributed by atoms with Crippen LogP contribution in [0.5, 0.6) is 11.5 Å². The fourth-order valence-electron chi connectivity index (χ4n) is 8.63. The molecule has 10 rings (SSSR count). The van der Waals surface area contributed by atoms with Crippen molar-refractivity contribution in [3.8, 4) is 34.5 Å². The molecule has 23 nitrogen and oxygen atoms in total. The molecule has 2 aromatic carbocycles. The number of imidazole rings is 2. The molecule has 0 radical (unpaired) electrons. The van der Waals surface area contributed by atoms with Crippen molar-refractivity contribution in [3.05, 3.63) is 83.9 Å². The quantitative estimate of drug-likeness (QED) is 0.0781. The van der Waals surface area contributed by atoms with Crippen molar-refractivity contribution in [2.45, 2.75) is 59.3 Å². The lowest BCUT2D eigenvalue weighted by molar-refractivity contribution is -0.138. The fraction of sp³-hybridized carbons (Fsp3) is 0.362. The van der Waals surface area contributed by atoms with Gasteiger partial charge in [-0.3, -0.25) is 9.59 Å². The number of aliphatic carboxylic acids is 1. The van der Waals surface area contributed by atoms with Crippen molar-refractivity contribution in [1.82, 2.24) is 69.6 Å². The largest absolute Gasteiger partial charge is 0.495 e. The highest BCUT2D eigenvalue weighted by Gasteiger charge is 2.37. The monoisotopic (exact) mass is 1170 g/mol. The molecule has 76 heavy (non-hydrogen) atoms. The number of halogens is 6. The van der Waals surface area contributed by atoms with E-state index >= 15 is 0 Å². The first kappa shape index (κ1) is 63.7. The van der Waals surface area contributed by atoms with Gasteiger partial charge in [-0.25, -0.2) is 39.3 Å². The van der Waals surface area contributed by atoms with Gasteiger partial charge in [-0.1, -0.05) is 30.6 Å². The first-order chi connectivity index (χ1) is 34.0. The van der Waals surface area contributed by atoms with Crippen molar-refractivity contribution in [2.75, 3.05) is 74.8 Å². The number of carbonyl (C=O) groups excluding carboxylic acids is 1. The van der Waals surface area contributed by atoms with E-state index in [-0.39, 0.29) is 93.2 Å². The summed E-state index contributed by atoms with van der Waals surface area (Å²) >= 11 is 12.2. The average Bonchev–Trinajstić information content (AvgIpc) is 4.18. The highest BCUT2D eigenvalue weighted by molar-refractivity contribution is 6.32. The van der Waals surface area contributed by atoms with Crippen LogP contribution in [0, 0.1) is 0 Å². The standard InChI is InChI=1S/C23H26ClN9O2.C13H19ClN2O.C10H9N7O2.CH4.4ClH/c1-23(2)12-31(14-4-5-15(24)16(10-14)35-3)8-9-32(23)17(34)11-33-22-18(20(25)28-13-29-22)19(30-33)21-26-6-7-27-21;1-13(2)9-16(7-6-15-13)10-4-5-11(14)12(8-10)17-3;11-8-6-7(9-12-1-2-13-9)16-17(3-5(18)19)10(6)15-4-14-8;;;;;/h4-7,10,13H,8-9,11-12H2,1-3H3,(H,26,27)(H2,25,28,29);4-5,8,15H,6-7,9H2,1-3H3;1-2,4H,3H2,(H,12,13)(H,18,19)(H2,11,14,15);1H4;4*1H. The summed E-state index contributed by atoms with van der Waals surface area (Å²) in [6, 6.07) is 11.7. The van der Waals surface area contributed by atoms with E-state index in [0.29, 0.717) is 80.5 Å². The summed E-state index contributed by atoms with van der Waals surface area (Å²) in [7, 11) is 3.24. The van der Waals surface area contributed by atoms with Gasteiger partial charge in [0, 0.05) is 93.1 Å². The van der Waals surface area contributed by atoms with Gasteiger partial charge in [-0.2, -0.15) is 10.2 Å². The minimum Gasteiger partial charge on any atom is -0.495 e. The first-order valence-corrected chi connectivity index (χ1v) is 23.1. The van der Waals surface area contributed by atoms with Crippen LogP contribution in [0.2, 0.25) is 10.0 Å². The lowest BCUT2D eigenvalue weighted by atomic mass is 9.98. The molecule has 0 atom stereocenters. The van der Waals surface area contributed by atoms with Gasteiger partial charge < -0.3 is 56.0 Å². The van der Waals surface area contributed by atoms with Gasteiger partial charge in [-0.05, 0) is 52.0 Å². The van der Waals surface area contributed by atoms with Crippen LogP contribution in [0.3, 0.4) is 0 Å². The van der Waals surface area contributed by atoms with Crippen LogP contribution in [0.25, 0.3) is 45.1 Å². The molecule has 8 heterocycles. The second kappa shape index (κ2) is 26.9. The van der Waals surface area contributed by atoms with Crippen molar-refractivity contribution < 1.29 is 24.2 Å². The third kappa shape index (κ3) is 14.1. The number of carboxylic acids is 1. The fourth-order valence-corrected chi connectivity index (χ4v) is 9.02. The predicted molar refractivity (Wildman–Crippen MR) is 306 cm³/mol. The Bertz CT molecular complexity index is 3180. The molecule has 8 N–H and O–H groups in total. The molecule has 412 valence electrons. The molecule has 29 heteroatoms. The summed E-state index contributed by atoms with van der Waals surface area (Å²) in [5.41, 5.74) is 15.6. The highest BCUT2D eigenvalue weighted by Crippen LogP contribution is 2.34. The van der Waals surface area contributed by atoms with Crippen LogP contribution in [0.4, 0.5) is 23.0 Å². The number of hydrogen-bond donors (Lipinski definition) is 6. The molecular formula is C47H62Cl6N18O5. The minimum absolute atomic E-state index is 0. The number of rotatable bonds is 10. The van der Waals surface area contributed by atoms with Crippen LogP contribution >= 0.6 is 72.8 Å². The van der Waals surface area contributed by atoms with E-state index in [1.54, 1.807) is 43.7 Å². The molecule has 6 aromatic heterocycles. The Morgan fingerprint density at radius 3 is 1.58 bits per heavy atom. The molecule has 0 saturated carbocycles. The smallest absolute Gasteiger partial charge is 0.325 e. The number of fused-ring (bicyclic) bond motifs is 2. The Kier molecular flexibility index (Phi) is 22.6. The van der Waals surface area contributed by atoms with Gasteiger partial charge >= 0.3 is 5.97 Å². The molecule has 0 aliphatic carbocycles. The number of ether oxygens (including phenoxy) is 2. The Hall–Kier alpha value is -6.60. The predicted octanol–water partition coefficient (Wildman–Crippen LogP) is 7.33. The van der Waals surface area contributed by atoms with E-state index in [4.69, 9.17) is 49.2 Å². The van der Waals surface area contributed by atoms with Gasteiger partial charge in [0.1, 0.15) is 60.3 Å². The van der Waals surface area contributed by atoms with Crippen molar-refractivity contribution in [1.29, 1.82) is 0 Å². The number of H-pyrrole nitrogens is 2.